The van der Waals surface area contributed by atoms with Crippen LogP contribution in [0.25, 0.3) is 0 Å². The molecule has 2 aromatic rings. The van der Waals surface area contributed by atoms with Crippen molar-refractivity contribution in [3.8, 4) is 5.75 Å². The maximum atomic E-state index is 5.92. The third-order valence-corrected chi connectivity index (χ3v) is 3.61. The maximum absolute atomic E-state index is 5.92. The lowest BCUT2D eigenvalue weighted by Crippen LogP contribution is -2.25. The second-order valence-electron chi connectivity index (χ2n) is 5.53. The van der Waals surface area contributed by atoms with Gasteiger partial charge in [-0.3, -0.25) is 0 Å². The Hall–Kier alpha value is -1.59. The van der Waals surface area contributed by atoms with Crippen LogP contribution in [0.2, 0.25) is 5.02 Å². The molecule has 1 atom stereocenters. The highest BCUT2D eigenvalue weighted by atomic mass is 35.5. The van der Waals surface area contributed by atoms with E-state index in [1.165, 1.54) is 0 Å². The van der Waals surface area contributed by atoms with E-state index in [0.717, 1.165) is 19.4 Å². The summed E-state index contributed by atoms with van der Waals surface area (Å²) in [7, 11) is 0. The molecular formula is C15H17ClN2O3. The molecule has 1 unspecified atom stereocenters. The number of benzene rings is 1. The van der Waals surface area contributed by atoms with Crippen LogP contribution in [0.3, 0.4) is 0 Å². The minimum Gasteiger partial charge on any atom is -0.478 e. The number of ether oxygens (including phenoxy) is 2. The first-order valence-electron chi connectivity index (χ1n) is 6.95. The molecule has 1 aliphatic rings. The van der Waals surface area contributed by atoms with Crippen molar-refractivity contribution in [1.82, 2.24) is 10.1 Å². The van der Waals surface area contributed by atoms with Crippen LogP contribution in [-0.4, -0.2) is 16.7 Å². The van der Waals surface area contributed by atoms with Crippen LogP contribution in [0.1, 0.15) is 44.5 Å². The fourth-order valence-corrected chi connectivity index (χ4v) is 2.36. The van der Waals surface area contributed by atoms with Crippen LogP contribution in [0, 0.1) is 0 Å². The first kappa shape index (κ1) is 14.4. The van der Waals surface area contributed by atoms with E-state index in [0.29, 0.717) is 22.5 Å². The van der Waals surface area contributed by atoms with E-state index in [2.05, 4.69) is 10.1 Å². The standard InChI is InChI=1S/C15H17ClN2O3/c1-15(2,20-11-7-5-10(16)6-8-11)14-17-13(18-21-14)12-4-3-9-19-12/h5-8,12H,3-4,9H2,1-2H3. The van der Waals surface area contributed by atoms with Crippen molar-refractivity contribution in [1.29, 1.82) is 0 Å². The van der Waals surface area contributed by atoms with Gasteiger partial charge in [-0.2, -0.15) is 4.98 Å². The predicted octanol–water partition coefficient (Wildman–Crippen LogP) is 3.89. The largest absolute Gasteiger partial charge is 0.478 e. The van der Waals surface area contributed by atoms with E-state index >= 15 is 0 Å². The summed E-state index contributed by atoms with van der Waals surface area (Å²) in [5.74, 6) is 1.72. The van der Waals surface area contributed by atoms with E-state index in [1.807, 2.05) is 13.8 Å². The summed E-state index contributed by atoms with van der Waals surface area (Å²) in [5.41, 5.74) is -0.725. The second-order valence-corrected chi connectivity index (χ2v) is 5.96. The molecule has 0 amide bonds. The summed E-state index contributed by atoms with van der Waals surface area (Å²) in [6.45, 7) is 4.52. The summed E-state index contributed by atoms with van der Waals surface area (Å²) < 4.78 is 16.8. The highest BCUT2D eigenvalue weighted by molar-refractivity contribution is 6.30. The fraction of sp³-hybridized carbons (Fsp3) is 0.467. The lowest BCUT2D eigenvalue weighted by atomic mass is 10.1. The van der Waals surface area contributed by atoms with Gasteiger partial charge in [0.1, 0.15) is 11.9 Å². The smallest absolute Gasteiger partial charge is 0.270 e. The molecular weight excluding hydrogens is 292 g/mol. The van der Waals surface area contributed by atoms with Gasteiger partial charge >= 0.3 is 0 Å². The zero-order valence-corrected chi connectivity index (χ0v) is 12.8. The molecule has 1 aliphatic heterocycles. The van der Waals surface area contributed by atoms with Gasteiger partial charge in [0.25, 0.3) is 5.89 Å². The van der Waals surface area contributed by atoms with Gasteiger partial charge in [-0.15, -0.1) is 0 Å². The molecule has 0 spiro atoms. The van der Waals surface area contributed by atoms with Crippen molar-refractivity contribution < 1.29 is 14.0 Å². The number of nitrogens with zero attached hydrogens (tertiary/aromatic N) is 2. The average molecular weight is 309 g/mol. The topological polar surface area (TPSA) is 57.4 Å². The van der Waals surface area contributed by atoms with Crippen molar-refractivity contribution >= 4 is 11.6 Å². The summed E-state index contributed by atoms with van der Waals surface area (Å²) >= 11 is 5.87. The number of rotatable bonds is 4. The SMILES string of the molecule is CC(C)(Oc1ccc(Cl)cc1)c1nc(C2CCCO2)no1. The molecule has 0 radical (unpaired) electrons. The number of halogens is 1. The lowest BCUT2D eigenvalue weighted by Gasteiger charge is -2.22. The molecule has 3 rings (SSSR count). The van der Waals surface area contributed by atoms with Crippen LogP contribution in [0.15, 0.2) is 28.8 Å². The van der Waals surface area contributed by atoms with E-state index in [1.54, 1.807) is 24.3 Å². The Kier molecular flexibility index (Phi) is 3.87. The summed E-state index contributed by atoms with van der Waals surface area (Å²) in [6.07, 6.45) is 1.89. The molecule has 0 N–H and O–H groups in total. The third-order valence-electron chi connectivity index (χ3n) is 3.36. The monoisotopic (exact) mass is 308 g/mol. The van der Waals surface area contributed by atoms with Crippen LogP contribution < -0.4 is 4.74 Å². The van der Waals surface area contributed by atoms with Crippen molar-refractivity contribution in [3.05, 3.63) is 41.0 Å². The normalized spacial score (nSPS) is 18.9. The summed E-state index contributed by atoms with van der Waals surface area (Å²) in [6, 6.07) is 7.17. The summed E-state index contributed by atoms with van der Waals surface area (Å²) in [5, 5.41) is 4.67. The number of hydrogen-bond acceptors (Lipinski definition) is 5. The molecule has 1 fully saturated rings. The number of aromatic nitrogens is 2. The molecule has 5 nitrogen and oxygen atoms in total. The zero-order chi connectivity index (χ0) is 14.9. The van der Waals surface area contributed by atoms with Gasteiger partial charge < -0.3 is 14.0 Å². The summed E-state index contributed by atoms with van der Waals surface area (Å²) in [4.78, 5) is 4.42. The maximum Gasteiger partial charge on any atom is 0.270 e. The Bertz CT molecular complexity index is 604. The average Bonchev–Trinajstić information content (AvgIpc) is 3.11. The van der Waals surface area contributed by atoms with Crippen LogP contribution >= 0.6 is 11.6 Å². The first-order chi connectivity index (χ1) is 10.0. The van der Waals surface area contributed by atoms with Gasteiger partial charge in [0.2, 0.25) is 5.82 Å². The molecule has 2 heterocycles. The lowest BCUT2D eigenvalue weighted by molar-refractivity contribution is 0.0690. The Labute approximate surface area is 128 Å². The molecule has 21 heavy (non-hydrogen) atoms. The molecule has 6 heteroatoms. The van der Waals surface area contributed by atoms with Crippen molar-refractivity contribution in [2.75, 3.05) is 6.61 Å². The van der Waals surface area contributed by atoms with Crippen molar-refractivity contribution in [2.45, 2.75) is 38.4 Å². The van der Waals surface area contributed by atoms with Crippen molar-refractivity contribution in [2.24, 2.45) is 0 Å². The first-order valence-corrected chi connectivity index (χ1v) is 7.33. The molecule has 0 bridgehead atoms. The molecule has 1 aromatic carbocycles. The third kappa shape index (κ3) is 3.19. The molecule has 112 valence electrons. The fourth-order valence-electron chi connectivity index (χ4n) is 2.23. The minimum absolute atomic E-state index is 0.0613. The Morgan fingerprint density at radius 2 is 2.05 bits per heavy atom. The molecule has 0 aliphatic carbocycles. The highest BCUT2D eigenvalue weighted by Gasteiger charge is 2.32. The van der Waals surface area contributed by atoms with Gasteiger partial charge in [0.05, 0.1) is 0 Å². The van der Waals surface area contributed by atoms with Gasteiger partial charge in [-0.1, -0.05) is 16.8 Å². The second kappa shape index (κ2) is 5.66. The van der Waals surface area contributed by atoms with E-state index < -0.39 is 5.60 Å². The highest BCUT2D eigenvalue weighted by Crippen LogP contribution is 2.31. The van der Waals surface area contributed by atoms with E-state index in [-0.39, 0.29) is 6.10 Å². The zero-order valence-electron chi connectivity index (χ0n) is 12.0. The van der Waals surface area contributed by atoms with E-state index in [4.69, 9.17) is 25.6 Å². The Morgan fingerprint density at radius 1 is 1.29 bits per heavy atom. The van der Waals surface area contributed by atoms with Crippen molar-refractivity contribution in [3.63, 3.8) is 0 Å². The van der Waals surface area contributed by atoms with Crippen LogP contribution in [0.4, 0.5) is 0 Å². The van der Waals surface area contributed by atoms with Crippen LogP contribution in [-0.2, 0) is 10.3 Å². The quantitative estimate of drug-likeness (QED) is 0.857. The minimum atomic E-state index is -0.725. The Balaban J connectivity index is 1.76. The van der Waals surface area contributed by atoms with Gasteiger partial charge in [0.15, 0.2) is 5.60 Å². The van der Waals surface area contributed by atoms with Gasteiger partial charge in [-0.25, -0.2) is 0 Å². The molecule has 1 saturated heterocycles. The predicted molar refractivity (Wildman–Crippen MR) is 77.3 cm³/mol. The van der Waals surface area contributed by atoms with Gasteiger partial charge in [0, 0.05) is 11.6 Å². The Morgan fingerprint density at radius 3 is 2.71 bits per heavy atom. The van der Waals surface area contributed by atoms with E-state index in [9.17, 15) is 0 Å². The molecule has 0 saturated carbocycles. The van der Waals surface area contributed by atoms with Gasteiger partial charge in [-0.05, 0) is 51.0 Å². The molecule has 1 aromatic heterocycles. The number of hydrogen-bond donors (Lipinski definition) is 0. The van der Waals surface area contributed by atoms with Crippen LogP contribution in [0.5, 0.6) is 5.75 Å².